The third-order valence-corrected chi connectivity index (χ3v) is 9.87. The molecule has 0 unspecified atom stereocenters. The highest BCUT2D eigenvalue weighted by molar-refractivity contribution is 5.71. The maximum atomic E-state index is 12.8. The SMILES string of the molecule is CC/C=C\C/C=C\C/C=C\C/C=C\C/C=C\CCCC(=O)OC[C@@H](COC(=O)CCCCCCC/C=C\CCCCC)OC(=O)CCC/C=C\C/C=C\C/C=C\C/C=C\C/C=C\CC. The van der Waals surface area contributed by atoms with Crippen LogP contribution >= 0.6 is 0 Å². The van der Waals surface area contributed by atoms with E-state index in [1.54, 1.807) is 0 Å². The first kappa shape index (κ1) is 59.5. The molecule has 0 aromatic carbocycles. The van der Waals surface area contributed by atoms with Gasteiger partial charge in [-0.15, -0.1) is 0 Å². The number of carbonyl (C=O) groups is 3. The van der Waals surface area contributed by atoms with Crippen LogP contribution in [-0.2, 0) is 28.6 Å². The molecule has 0 radical (unpaired) electrons. The molecular formula is C58H90O6. The maximum absolute atomic E-state index is 12.8. The number of ether oxygens (including phenoxy) is 3. The molecule has 0 bridgehead atoms. The van der Waals surface area contributed by atoms with Crippen molar-refractivity contribution in [1.29, 1.82) is 0 Å². The summed E-state index contributed by atoms with van der Waals surface area (Å²) >= 11 is 0. The first-order valence-corrected chi connectivity index (χ1v) is 25.2. The van der Waals surface area contributed by atoms with Gasteiger partial charge in [-0.3, -0.25) is 14.4 Å². The molecule has 0 aromatic rings. The van der Waals surface area contributed by atoms with Gasteiger partial charge in [-0.2, -0.15) is 0 Å². The van der Waals surface area contributed by atoms with Crippen LogP contribution in [0.1, 0.15) is 194 Å². The summed E-state index contributed by atoms with van der Waals surface area (Å²) < 4.78 is 16.7. The highest BCUT2D eigenvalue weighted by atomic mass is 16.6. The molecule has 0 saturated carbocycles. The molecule has 358 valence electrons. The molecule has 0 N–H and O–H groups in total. The van der Waals surface area contributed by atoms with Crippen molar-refractivity contribution in [3.8, 4) is 0 Å². The molecule has 0 aliphatic rings. The lowest BCUT2D eigenvalue weighted by molar-refractivity contribution is -0.167. The van der Waals surface area contributed by atoms with Crippen LogP contribution in [0.5, 0.6) is 0 Å². The molecular weight excluding hydrogens is 793 g/mol. The van der Waals surface area contributed by atoms with Gasteiger partial charge < -0.3 is 14.2 Å². The minimum absolute atomic E-state index is 0.128. The standard InChI is InChI=1S/C58H90O6/c1-4-7-10-13-16-19-22-25-27-29-31-33-36-39-42-45-48-51-57(60)63-54-55(53-62-56(59)50-47-44-41-38-35-24-21-18-15-12-9-6-3)64-58(61)52-49-46-43-40-37-34-32-30-28-26-23-20-17-14-11-8-5-2/h7-8,10-11,16-21,25-28,31-34,39-40,42-43,55H,4-6,9,12-15,22-24,29-30,35-38,41,44-54H2,1-3H3/b10-7-,11-8-,19-16-,20-17-,21-18-,27-25-,28-26-,33-31-,34-32-,42-39-,43-40-/t55-/m1/s1. The van der Waals surface area contributed by atoms with Crippen molar-refractivity contribution < 1.29 is 28.6 Å². The molecule has 0 aliphatic carbocycles. The molecule has 0 spiro atoms. The highest BCUT2D eigenvalue weighted by Gasteiger charge is 2.19. The monoisotopic (exact) mass is 883 g/mol. The number of hydrogen-bond donors (Lipinski definition) is 0. The van der Waals surface area contributed by atoms with Crippen LogP contribution < -0.4 is 0 Å². The van der Waals surface area contributed by atoms with E-state index in [2.05, 4.69) is 154 Å². The summed E-state index contributed by atoms with van der Waals surface area (Å²) in [5.74, 6) is -1.07. The smallest absolute Gasteiger partial charge is 0.306 e. The van der Waals surface area contributed by atoms with Gasteiger partial charge in [0.1, 0.15) is 13.2 Å². The lowest BCUT2D eigenvalue weighted by Crippen LogP contribution is -2.30. The van der Waals surface area contributed by atoms with Crippen molar-refractivity contribution in [1.82, 2.24) is 0 Å². The van der Waals surface area contributed by atoms with Crippen LogP contribution in [0.4, 0.5) is 0 Å². The van der Waals surface area contributed by atoms with Gasteiger partial charge in [-0.25, -0.2) is 0 Å². The fourth-order valence-corrected chi connectivity index (χ4v) is 6.15. The first-order valence-electron chi connectivity index (χ1n) is 25.2. The van der Waals surface area contributed by atoms with Crippen molar-refractivity contribution >= 4 is 17.9 Å². The largest absolute Gasteiger partial charge is 0.462 e. The number of rotatable bonds is 43. The van der Waals surface area contributed by atoms with Crippen molar-refractivity contribution in [3.05, 3.63) is 134 Å². The zero-order valence-corrected chi connectivity index (χ0v) is 40.7. The molecule has 0 aliphatic heterocycles. The number of allylic oxidation sites excluding steroid dienone is 22. The lowest BCUT2D eigenvalue weighted by Gasteiger charge is -2.18. The van der Waals surface area contributed by atoms with Crippen LogP contribution in [0, 0.1) is 0 Å². The molecule has 0 saturated heterocycles. The Labute approximate surface area is 392 Å². The number of carbonyl (C=O) groups excluding carboxylic acids is 3. The van der Waals surface area contributed by atoms with E-state index in [0.29, 0.717) is 19.3 Å². The minimum atomic E-state index is -0.838. The fourth-order valence-electron chi connectivity index (χ4n) is 6.15. The zero-order chi connectivity index (χ0) is 46.5. The van der Waals surface area contributed by atoms with Crippen molar-refractivity contribution in [2.45, 2.75) is 200 Å². The summed E-state index contributed by atoms with van der Waals surface area (Å²) in [6, 6.07) is 0. The normalized spacial score (nSPS) is 13.2. The Kier molecular flexibility index (Phi) is 47.6. The van der Waals surface area contributed by atoms with E-state index >= 15 is 0 Å². The summed E-state index contributed by atoms with van der Waals surface area (Å²) in [6.45, 7) is 6.25. The van der Waals surface area contributed by atoms with Gasteiger partial charge in [0.2, 0.25) is 0 Å². The molecule has 0 rings (SSSR count). The molecule has 0 amide bonds. The van der Waals surface area contributed by atoms with E-state index in [1.165, 1.54) is 32.1 Å². The summed E-state index contributed by atoms with van der Waals surface area (Å²) in [7, 11) is 0. The Morgan fingerprint density at radius 3 is 1.03 bits per heavy atom. The Balaban J connectivity index is 4.61. The maximum Gasteiger partial charge on any atom is 0.306 e. The molecule has 0 aromatic heterocycles. The number of hydrogen-bond acceptors (Lipinski definition) is 6. The van der Waals surface area contributed by atoms with Crippen LogP contribution in [0.25, 0.3) is 0 Å². The topological polar surface area (TPSA) is 78.9 Å². The molecule has 1 atom stereocenters. The predicted octanol–water partition coefficient (Wildman–Crippen LogP) is 16.7. The van der Waals surface area contributed by atoms with Gasteiger partial charge in [0.05, 0.1) is 0 Å². The van der Waals surface area contributed by atoms with Crippen molar-refractivity contribution in [2.75, 3.05) is 13.2 Å². The van der Waals surface area contributed by atoms with Gasteiger partial charge in [0, 0.05) is 19.3 Å². The highest BCUT2D eigenvalue weighted by Crippen LogP contribution is 2.11. The van der Waals surface area contributed by atoms with Crippen LogP contribution in [0.3, 0.4) is 0 Å². The van der Waals surface area contributed by atoms with E-state index in [4.69, 9.17) is 14.2 Å². The molecule has 64 heavy (non-hydrogen) atoms. The average molecular weight is 883 g/mol. The third kappa shape index (κ3) is 48.6. The van der Waals surface area contributed by atoms with Crippen LogP contribution in [-0.4, -0.2) is 37.2 Å². The number of esters is 3. The van der Waals surface area contributed by atoms with E-state index < -0.39 is 12.1 Å². The van der Waals surface area contributed by atoms with E-state index in [0.717, 1.165) is 109 Å². The Hall–Kier alpha value is -4.45. The van der Waals surface area contributed by atoms with Gasteiger partial charge in [0.15, 0.2) is 6.10 Å². The summed E-state index contributed by atoms with van der Waals surface area (Å²) in [5, 5.41) is 0. The van der Waals surface area contributed by atoms with Gasteiger partial charge >= 0.3 is 17.9 Å². The lowest BCUT2D eigenvalue weighted by atomic mass is 10.1. The second-order valence-corrected chi connectivity index (χ2v) is 16.0. The van der Waals surface area contributed by atoms with E-state index in [1.807, 2.05) is 0 Å². The average Bonchev–Trinajstić information content (AvgIpc) is 3.29. The van der Waals surface area contributed by atoms with Gasteiger partial charge in [0.25, 0.3) is 0 Å². The van der Waals surface area contributed by atoms with Crippen LogP contribution in [0.2, 0.25) is 0 Å². The second-order valence-electron chi connectivity index (χ2n) is 16.0. The quantitative estimate of drug-likeness (QED) is 0.0263. The van der Waals surface area contributed by atoms with Gasteiger partial charge in [-0.05, 0) is 122 Å². The Morgan fingerprint density at radius 1 is 0.328 bits per heavy atom. The van der Waals surface area contributed by atoms with Crippen molar-refractivity contribution in [2.24, 2.45) is 0 Å². The van der Waals surface area contributed by atoms with E-state index in [-0.39, 0.29) is 38.0 Å². The van der Waals surface area contributed by atoms with Crippen LogP contribution in [0.15, 0.2) is 134 Å². The number of unbranched alkanes of at least 4 members (excludes halogenated alkanes) is 10. The molecule has 6 heteroatoms. The first-order chi connectivity index (χ1) is 31.5. The molecule has 6 nitrogen and oxygen atoms in total. The minimum Gasteiger partial charge on any atom is -0.462 e. The molecule has 0 fully saturated rings. The van der Waals surface area contributed by atoms with Gasteiger partial charge in [-0.1, -0.05) is 187 Å². The summed E-state index contributed by atoms with van der Waals surface area (Å²) in [6.07, 6.45) is 71.6. The zero-order valence-electron chi connectivity index (χ0n) is 40.7. The summed E-state index contributed by atoms with van der Waals surface area (Å²) in [5.41, 5.74) is 0. The Morgan fingerprint density at radius 2 is 0.625 bits per heavy atom. The predicted molar refractivity (Wildman–Crippen MR) is 274 cm³/mol. The fraction of sp³-hybridized carbons (Fsp3) is 0.569. The Bertz CT molecular complexity index is 1430. The second kappa shape index (κ2) is 51.2. The molecule has 0 heterocycles. The van der Waals surface area contributed by atoms with Crippen molar-refractivity contribution in [3.63, 3.8) is 0 Å². The van der Waals surface area contributed by atoms with E-state index in [9.17, 15) is 14.4 Å². The summed E-state index contributed by atoms with van der Waals surface area (Å²) in [4.78, 5) is 37.9. The third-order valence-electron chi connectivity index (χ3n) is 9.87.